The van der Waals surface area contributed by atoms with Crippen molar-refractivity contribution in [1.29, 1.82) is 0 Å². The summed E-state index contributed by atoms with van der Waals surface area (Å²) in [6.07, 6.45) is 27.0. The van der Waals surface area contributed by atoms with Crippen LogP contribution in [0.2, 0.25) is 0 Å². The summed E-state index contributed by atoms with van der Waals surface area (Å²) >= 11 is 0. The summed E-state index contributed by atoms with van der Waals surface area (Å²) in [4.78, 5) is 22.8. The van der Waals surface area contributed by atoms with E-state index in [4.69, 9.17) is 9.05 Å². The van der Waals surface area contributed by atoms with Gasteiger partial charge in [0.2, 0.25) is 5.91 Å². The molecule has 0 fully saturated rings. The Balaban J connectivity index is 4.39. The number of quaternary nitrogens is 1. The van der Waals surface area contributed by atoms with Gasteiger partial charge in [0.05, 0.1) is 39.9 Å². The minimum absolute atomic E-state index is 0.0776. The largest absolute Gasteiger partial charge is 0.472 e. The number of phosphoric ester groups is 1. The van der Waals surface area contributed by atoms with Crippen LogP contribution in [0.15, 0.2) is 0 Å². The molecule has 3 atom stereocenters. The smallest absolute Gasteiger partial charge is 0.391 e. The van der Waals surface area contributed by atoms with Crippen LogP contribution in [0.3, 0.4) is 0 Å². The number of hydrogen-bond donors (Lipinski definition) is 3. The van der Waals surface area contributed by atoms with E-state index in [1.165, 1.54) is 103 Å². The molecular formula is C35H74N2O6P+. The lowest BCUT2D eigenvalue weighted by Crippen LogP contribution is -2.46. The van der Waals surface area contributed by atoms with E-state index < -0.39 is 20.0 Å². The number of phosphoric acid groups is 1. The Kier molecular flexibility index (Phi) is 28.4. The highest BCUT2D eigenvalue weighted by atomic mass is 31.2. The quantitative estimate of drug-likeness (QED) is 0.0372. The first-order valence-electron chi connectivity index (χ1n) is 18.4. The highest BCUT2D eigenvalue weighted by Crippen LogP contribution is 2.43. The Morgan fingerprint density at radius 3 is 1.52 bits per heavy atom. The number of aliphatic hydroxyl groups is 1. The number of likely N-dealkylation sites (N-methyl/N-ethyl adjacent to an activating group) is 1. The second kappa shape index (κ2) is 28.7. The molecular weight excluding hydrogens is 575 g/mol. The SMILES string of the molecule is CCCCCCCCCCCCCCCCC[C@@H](O)[C@H](COP(=O)(O)OCC[N+](C)(C)C)NC(=O)CCCCCCCCC. The van der Waals surface area contributed by atoms with Gasteiger partial charge in [-0.1, -0.05) is 149 Å². The third kappa shape index (κ3) is 30.2. The van der Waals surface area contributed by atoms with Gasteiger partial charge in [0, 0.05) is 6.42 Å². The zero-order valence-electron chi connectivity index (χ0n) is 29.7. The van der Waals surface area contributed by atoms with Gasteiger partial charge in [-0.25, -0.2) is 4.57 Å². The van der Waals surface area contributed by atoms with Crippen molar-refractivity contribution >= 4 is 13.7 Å². The summed E-state index contributed by atoms with van der Waals surface area (Å²) in [5.41, 5.74) is 0. The van der Waals surface area contributed by atoms with Gasteiger partial charge in [0.25, 0.3) is 0 Å². The molecule has 0 rings (SSSR count). The molecule has 0 heterocycles. The molecule has 0 aromatic heterocycles. The van der Waals surface area contributed by atoms with Crippen molar-refractivity contribution in [3.05, 3.63) is 0 Å². The highest BCUT2D eigenvalue weighted by molar-refractivity contribution is 7.47. The number of rotatable bonds is 33. The third-order valence-corrected chi connectivity index (χ3v) is 9.34. The summed E-state index contributed by atoms with van der Waals surface area (Å²) in [6.45, 7) is 4.83. The highest BCUT2D eigenvalue weighted by Gasteiger charge is 2.28. The lowest BCUT2D eigenvalue weighted by molar-refractivity contribution is -0.870. The van der Waals surface area contributed by atoms with Crippen LogP contribution in [0.5, 0.6) is 0 Å². The van der Waals surface area contributed by atoms with Crippen LogP contribution >= 0.6 is 7.82 Å². The first-order chi connectivity index (χ1) is 21.0. The molecule has 0 aromatic rings. The predicted molar refractivity (Wildman–Crippen MR) is 185 cm³/mol. The number of aliphatic hydroxyl groups excluding tert-OH is 1. The Morgan fingerprint density at radius 1 is 0.682 bits per heavy atom. The molecule has 1 amide bonds. The average Bonchev–Trinajstić information content (AvgIpc) is 2.95. The number of nitrogens with one attached hydrogen (secondary N) is 1. The van der Waals surface area contributed by atoms with Gasteiger partial charge in [-0.3, -0.25) is 13.8 Å². The van der Waals surface area contributed by atoms with Gasteiger partial charge in [-0.05, 0) is 12.8 Å². The summed E-state index contributed by atoms with van der Waals surface area (Å²) in [5.74, 6) is -0.151. The van der Waals surface area contributed by atoms with E-state index >= 15 is 0 Å². The predicted octanol–water partition coefficient (Wildman–Crippen LogP) is 9.07. The molecule has 0 radical (unpaired) electrons. The molecule has 0 saturated carbocycles. The van der Waals surface area contributed by atoms with E-state index in [2.05, 4.69) is 19.2 Å². The molecule has 0 saturated heterocycles. The maximum absolute atomic E-state index is 12.7. The number of nitrogens with zero attached hydrogens (tertiary/aromatic N) is 1. The van der Waals surface area contributed by atoms with Gasteiger partial charge in [-0.15, -0.1) is 0 Å². The summed E-state index contributed by atoms with van der Waals surface area (Å²) in [7, 11) is 1.62. The fraction of sp³-hybridized carbons (Fsp3) is 0.971. The molecule has 3 N–H and O–H groups in total. The molecule has 0 bridgehead atoms. The van der Waals surface area contributed by atoms with E-state index in [0.717, 1.165) is 38.5 Å². The average molecular weight is 650 g/mol. The van der Waals surface area contributed by atoms with Crippen LogP contribution in [0.25, 0.3) is 0 Å². The molecule has 0 spiro atoms. The maximum Gasteiger partial charge on any atom is 0.472 e. The first kappa shape index (κ1) is 43.5. The van der Waals surface area contributed by atoms with Crippen molar-refractivity contribution in [3.8, 4) is 0 Å². The Hall–Kier alpha value is -0.500. The Bertz CT molecular complexity index is 703. The fourth-order valence-electron chi connectivity index (χ4n) is 5.34. The van der Waals surface area contributed by atoms with E-state index in [1.807, 2.05) is 21.1 Å². The fourth-order valence-corrected chi connectivity index (χ4v) is 6.07. The zero-order valence-corrected chi connectivity index (χ0v) is 30.6. The lowest BCUT2D eigenvalue weighted by Gasteiger charge is -2.26. The van der Waals surface area contributed by atoms with Crippen LogP contribution in [0.1, 0.15) is 168 Å². The van der Waals surface area contributed by atoms with Crippen LogP contribution in [-0.4, -0.2) is 73.4 Å². The van der Waals surface area contributed by atoms with Gasteiger partial charge in [-0.2, -0.15) is 0 Å². The Morgan fingerprint density at radius 2 is 1.09 bits per heavy atom. The second-order valence-electron chi connectivity index (χ2n) is 14.0. The molecule has 264 valence electrons. The van der Waals surface area contributed by atoms with Gasteiger partial charge < -0.3 is 19.8 Å². The van der Waals surface area contributed by atoms with E-state index in [9.17, 15) is 19.4 Å². The van der Waals surface area contributed by atoms with E-state index in [0.29, 0.717) is 23.9 Å². The third-order valence-electron chi connectivity index (χ3n) is 8.36. The minimum Gasteiger partial charge on any atom is -0.391 e. The number of hydrogen-bond acceptors (Lipinski definition) is 5. The van der Waals surface area contributed by atoms with Gasteiger partial charge in [0.15, 0.2) is 0 Å². The standard InChI is InChI=1S/C35H73N2O6P/c1-6-8-10-12-14-15-16-17-18-19-20-21-23-24-26-28-34(38)33(32-43-44(40,41)42-31-30-37(3,4)5)36-35(39)29-27-25-22-13-11-9-7-2/h33-34,38H,6-32H2,1-5H3,(H-,36,39,40,41)/p+1/t33-,34+/m0/s1. The monoisotopic (exact) mass is 650 g/mol. The molecule has 1 unspecified atom stereocenters. The second-order valence-corrected chi connectivity index (χ2v) is 15.4. The topological polar surface area (TPSA) is 105 Å². The minimum atomic E-state index is -4.29. The van der Waals surface area contributed by atoms with Crippen molar-refractivity contribution in [1.82, 2.24) is 5.32 Å². The molecule has 9 heteroatoms. The number of unbranched alkanes of at least 4 members (excludes halogenated alkanes) is 20. The molecule has 0 aliphatic rings. The van der Waals surface area contributed by atoms with Crippen LogP contribution in [0, 0.1) is 0 Å². The molecule has 44 heavy (non-hydrogen) atoms. The molecule has 0 aliphatic heterocycles. The van der Waals surface area contributed by atoms with Crippen molar-refractivity contribution in [2.24, 2.45) is 0 Å². The van der Waals surface area contributed by atoms with Crippen LogP contribution < -0.4 is 5.32 Å². The first-order valence-corrected chi connectivity index (χ1v) is 19.9. The molecule has 8 nitrogen and oxygen atoms in total. The van der Waals surface area contributed by atoms with Crippen molar-refractivity contribution in [2.45, 2.75) is 180 Å². The van der Waals surface area contributed by atoms with Crippen LogP contribution in [0.4, 0.5) is 0 Å². The molecule has 0 aliphatic carbocycles. The van der Waals surface area contributed by atoms with Crippen molar-refractivity contribution in [2.75, 3.05) is 40.9 Å². The normalized spacial score (nSPS) is 14.8. The summed E-state index contributed by atoms with van der Waals surface area (Å²) in [5, 5.41) is 13.8. The Labute approximate surface area is 272 Å². The number of carbonyl (C=O) groups is 1. The number of amides is 1. The lowest BCUT2D eigenvalue weighted by atomic mass is 10.0. The van der Waals surface area contributed by atoms with Crippen molar-refractivity contribution < 1.29 is 32.9 Å². The van der Waals surface area contributed by atoms with Crippen LogP contribution in [-0.2, 0) is 18.4 Å². The number of carbonyl (C=O) groups excluding carboxylic acids is 1. The van der Waals surface area contributed by atoms with Crippen molar-refractivity contribution in [3.63, 3.8) is 0 Å². The molecule has 0 aromatic carbocycles. The van der Waals surface area contributed by atoms with E-state index in [-0.39, 0.29) is 19.1 Å². The maximum atomic E-state index is 12.7. The van der Waals surface area contributed by atoms with Gasteiger partial charge in [0.1, 0.15) is 13.2 Å². The van der Waals surface area contributed by atoms with E-state index in [1.54, 1.807) is 0 Å². The summed E-state index contributed by atoms with van der Waals surface area (Å²) < 4.78 is 23.4. The zero-order chi connectivity index (χ0) is 32.9. The van der Waals surface area contributed by atoms with Gasteiger partial charge >= 0.3 is 7.82 Å². The summed E-state index contributed by atoms with van der Waals surface area (Å²) in [6, 6.07) is -0.749.